The molecule has 15 heavy (non-hydrogen) atoms. The van der Waals surface area contributed by atoms with Crippen LogP contribution in [0.4, 0.5) is 0 Å². The van der Waals surface area contributed by atoms with Crippen molar-refractivity contribution < 1.29 is 9.68 Å². The highest BCUT2D eigenvalue weighted by Crippen LogP contribution is 2.23. The monoisotopic (exact) mass is 202 g/mol. The van der Waals surface area contributed by atoms with Crippen LogP contribution in [0.1, 0.15) is 11.1 Å². The highest BCUT2D eigenvalue weighted by Gasteiger charge is 2.06. The second-order valence-electron chi connectivity index (χ2n) is 3.15. The zero-order valence-corrected chi connectivity index (χ0v) is 8.78. The van der Waals surface area contributed by atoms with Gasteiger partial charge in [-0.05, 0) is 30.0 Å². The molecule has 3 heteroatoms. The number of rotatable bonds is 6. The normalized spacial score (nSPS) is 9.40. The predicted molar refractivity (Wildman–Crippen MR) is 64.2 cm³/mol. The number of allylic oxidation sites excluding steroid dienone is 2. The van der Waals surface area contributed by atoms with E-state index in [1.54, 1.807) is 0 Å². The molecular weight excluding hydrogens is 187 g/mol. The van der Waals surface area contributed by atoms with Gasteiger partial charge < -0.3 is 9.68 Å². The summed E-state index contributed by atoms with van der Waals surface area (Å²) in [5.74, 6) is 0.719. The van der Waals surface area contributed by atoms with Crippen molar-refractivity contribution in [1.29, 1.82) is 0 Å². The Morgan fingerprint density at radius 1 is 1.27 bits per heavy atom. The summed E-state index contributed by atoms with van der Waals surface area (Å²) in [7, 11) is -0.304. The standard InChI is InChI=1S/C12H15BO2/c1-3-6-10-8-5-9-12(15-13-14)11(10)7-4-2/h3-5,8-9,13-14H,1-2,6-7H2. The van der Waals surface area contributed by atoms with Crippen LogP contribution in [0.3, 0.4) is 0 Å². The fourth-order valence-corrected chi connectivity index (χ4v) is 1.54. The highest BCUT2D eigenvalue weighted by molar-refractivity contribution is 6.17. The van der Waals surface area contributed by atoms with Crippen molar-refractivity contribution in [1.82, 2.24) is 0 Å². The summed E-state index contributed by atoms with van der Waals surface area (Å²) < 4.78 is 5.15. The maximum Gasteiger partial charge on any atom is 0.504 e. The molecule has 0 bridgehead atoms. The van der Waals surface area contributed by atoms with E-state index in [0.29, 0.717) is 0 Å². The summed E-state index contributed by atoms with van der Waals surface area (Å²) >= 11 is 0. The number of hydrogen-bond acceptors (Lipinski definition) is 2. The minimum Gasteiger partial charge on any atom is -0.539 e. The van der Waals surface area contributed by atoms with E-state index in [-0.39, 0.29) is 7.69 Å². The molecule has 0 aromatic heterocycles. The van der Waals surface area contributed by atoms with Crippen LogP contribution in [0.25, 0.3) is 0 Å². The van der Waals surface area contributed by atoms with Gasteiger partial charge in [0.25, 0.3) is 0 Å². The minimum absolute atomic E-state index is 0.304. The lowest BCUT2D eigenvalue weighted by Gasteiger charge is -2.12. The van der Waals surface area contributed by atoms with Crippen LogP contribution in [0.15, 0.2) is 43.5 Å². The lowest BCUT2D eigenvalue weighted by molar-refractivity contribution is 0.451. The van der Waals surface area contributed by atoms with E-state index in [1.807, 2.05) is 30.4 Å². The Balaban J connectivity index is 3.08. The first-order chi connectivity index (χ1) is 7.33. The lowest BCUT2D eigenvalue weighted by atomic mass is 10.0. The lowest BCUT2D eigenvalue weighted by Crippen LogP contribution is -2.04. The molecule has 1 N–H and O–H groups in total. The molecule has 0 fully saturated rings. The molecule has 0 aliphatic heterocycles. The van der Waals surface area contributed by atoms with Crippen LogP contribution in [0.2, 0.25) is 0 Å². The Bertz CT molecular complexity index is 347. The van der Waals surface area contributed by atoms with Crippen molar-refractivity contribution in [2.45, 2.75) is 12.8 Å². The first kappa shape index (κ1) is 11.6. The fraction of sp³-hybridized carbons (Fsp3) is 0.167. The largest absolute Gasteiger partial charge is 0.539 e. The molecule has 0 atom stereocenters. The summed E-state index contributed by atoms with van der Waals surface area (Å²) in [6, 6.07) is 5.79. The molecular formula is C12H15BO2. The van der Waals surface area contributed by atoms with E-state index < -0.39 is 0 Å². The van der Waals surface area contributed by atoms with Crippen molar-refractivity contribution in [2.75, 3.05) is 0 Å². The van der Waals surface area contributed by atoms with Crippen LogP contribution in [-0.2, 0) is 12.8 Å². The van der Waals surface area contributed by atoms with Gasteiger partial charge in [0.2, 0.25) is 0 Å². The summed E-state index contributed by atoms with van der Waals surface area (Å²) in [6.45, 7) is 7.43. The van der Waals surface area contributed by atoms with E-state index in [4.69, 9.17) is 9.68 Å². The molecule has 1 aromatic rings. The summed E-state index contributed by atoms with van der Waals surface area (Å²) in [5.41, 5.74) is 2.23. The Labute approximate surface area is 91.2 Å². The fourth-order valence-electron chi connectivity index (χ4n) is 1.54. The first-order valence-corrected chi connectivity index (χ1v) is 4.89. The van der Waals surface area contributed by atoms with Gasteiger partial charge in [-0.3, -0.25) is 0 Å². The van der Waals surface area contributed by atoms with Crippen LogP contribution >= 0.6 is 0 Å². The van der Waals surface area contributed by atoms with E-state index >= 15 is 0 Å². The molecule has 0 saturated carbocycles. The minimum atomic E-state index is -0.304. The molecule has 0 aliphatic carbocycles. The molecule has 0 unspecified atom stereocenters. The molecule has 0 saturated heterocycles. The second kappa shape index (κ2) is 6.09. The van der Waals surface area contributed by atoms with Gasteiger partial charge in [0, 0.05) is 0 Å². The molecule has 0 radical (unpaired) electrons. The average Bonchev–Trinajstić information content (AvgIpc) is 2.23. The van der Waals surface area contributed by atoms with Crippen molar-refractivity contribution in [3.8, 4) is 5.75 Å². The Hall–Kier alpha value is -1.48. The summed E-state index contributed by atoms with van der Waals surface area (Å²) in [4.78, 5) is 0. The van der Waals surface area contributed by atoms with Gasteiger partial charge in [0.15, 0.2) is 0 Å². The van der Waals surface area contributed by atoms with Crippen molar-refractivity contribution in [3.05, 3.63) is 54.6 Å². The third-order valence-corrected chi connectivity index (χ3v) is 2.16. The Kier molecular flexibility index (Phi) is 4.71. The topological polar surface area (TPSA) is 29.5 Å². The Morgan fingerprint density at radius 2 is 2.00 bits per heavy atom. The second-order valence-corrected chi connectivity index (χ2v) is 3.15. The third kappa shape index (κ3) is 2.99. The summed E-state index contributed by atoms with van der Waals surface area (Å²) in [6.07, 6.45) is 5.21. The van der Waals surface area contributed by atoms with E-state index in [0.717, 1.165) is 29.7 Å². The van der Waals surface area contributed by atoms with Crippen LogP contribution < -0.4 is 4.65 Å². The molecule has 0 spiro atoms. The van der Waals surface area contributed by atoms with Gasteiger partial charge in [-0.1, -0.05) is 24.3 Å². The van der Waals surface area contributed by atoms with Crippen LogP contribution in [0.5, 0.6) is 5.75 Å². The van der Waals surface area contributed by atoms with Gasteiger partial charge >= 0.3 is 7.69 Å². The molecule has 2 nitrogen and oxygen atoms in total. The SMILES string of the molecule is C=CCc1cccc(OBO)c1CC=C. The van der Waals surface area contributed by atoms with Gasteiger partial charge in [-0.2, -0.15) is 0 Å². The molecule has 0 heterocycles. The smallest absolute Gasteiger partial charge is 0.504 e. The van der Waals surface area contributed by atoms with Crippen molar-refractivity contribution in [3.63, 3.8) is 0 Å². The third-order valence-electron chi connectivity index (χ3n) is 2.16. The van der Waals surface area contributed by atoms with Crippen molar-refractivity contribution in [2.24, 2.45) is 0 Å². The van der Waals surface area contributed by atoms with Crippen molar-refractivity contribution >= 4 is 7.69 Å². The average molecular weight is 202 g/mol. The quantitative estimate of drug-likeness (QED) is 0.562. The predicted octanol–water partition coefficient (Wildman–Crippen LogP) is 1.78. The maximum absolute atomic E-state index is 8.76. The molecule has 78 valence electrons. The molecule has 0 amide bonds. The van der Waals surface area contributed by atoms with Gasteiger partial charge in [-0.15, -0.1) is 13.2 Å². The van der Waals surface area contributed by atoms with E-state index in [1.165, 1.54) is 0 Å². The molecule has 1 aromatic carbocycles. The van der Waals surface area contributed by atoms with E-state index in [9.17, 15) is 0 Å². The van der Waals surface area contributed by atoms with Gasteiger partial charge in [-0.25, -0.2) is 0 Å². The number of benzene rings is 1. The molecule has 0 aliphatic rings. The van der Waals surface area contributed by atoms with E-state index in [2.05, 4.69) is 13.2 Å². The number of hydrogen-bond donors (Lipinski definition) is 1. The maximum atomic E-state index is 8.76. The Morgan fingerprint density at radius 3 is 2.60 bits per heavy atom. The summed E-state index contributed by atoms with van der Waals surface area (Å²) in [5, 5.41) is 8.76. The highest BCUT2D eigenvalue weighted by atomic mass is 16.5. The zero-order valence-electron chi connectivity index (χ0n) is 8.78. The van der Waals surface area contributed by atoms with Gasteiger partial charge in [0.1, 0.15) is 5.75 Å². The van der Waals surface area contributed by atoms with Gasteiger partial charge in [0.05, 0.1) is 0 Å². The van der Waals surface area contributed by atoms with Crippen LogP contribution in [-0.4, -0.2) is 12.7 Å². The van der Waals surface area contributed by atoms with Crippen LogP contribution in [0, 0.1) is 0 Å². The molecule has 1 rings (SSSR count). The zero-order chi connectivity index (χ0) is 11.1. The first-order valence-electron chi connectivity index (χ1n) is 4.89.